The largest absolute Gasteiger partial charge is 0.606 e. The van der Waals surface area contributed by atoms with Crippen LogP contribution in [0.4, 0.5) is 8.78 Å². The van der Waals surface area contributed by atoms with E-state index in [4.69, 9.17) is 10.1 Å². The average molecular weight is 752 g/mol. The summed E-state index contributed by atoms with van der Waals surface area (Å²) in [5, 5.41) is 14.9. The minimum atomic E-state index is -3.72. The monoisotopic (exact) mass is 751 g/mol. The molecule has 3 aromatic heterocycles. The molecule has 5 aromatic rings. The summed E-state index contributed by atoms with van der Waals surface area (Å²) in [6, 6.07) is 12.2. The fourth-order valence-electron chi connectivity index (χ4n) is 7.23. The van der Waals surface area contributed by atoms with E-state index in [1.807, 2.05) is 45.0 Å². The van der Waals surface area contributed by atoms with Gasteiger partial charge in [0.15, 0.2) is 32.2 Å². The Morgan fingerprint density at radius 1 is 1.12 bits per heavy atom. The molecule has 276 valence electrons. The maximum Gasteiger partial charge on any atom is 0.309 e. The third kappa shape index (κ3) is 7.25. The summed E-state index contributed by atoms with van der Waals surface area (Å²) >= 11 is -2.27. The van der Waals surface area contributed by atoms with E-state index in [0.29, 0.717) is 43.0 Å². The first-order valence-corrected chi connectivity index (χ1v) is 20.1. The van der Waals surface area contributed by atoms with Crippen molar-refractivity contribution in [2.45, 2.75) is 81.9 Å². The zero-order valence-corrected chi connectivity index (χ0v) is 31.7. The van der Waals surface area contributed by atoms with Gasteiger partial charge >= 0.3 is 5.97 Å². The first-order chi connectivity index (χ1) is 24.3. The van der Waals surface area contributed by atoms with E-state index >= 15 is 8.78 Å². The second kappa shape index (κ2) is 13.7. The van der Waals surface area contributed by atoms with Crippen molar-refractivity contribution in [1.82, 2.24) is 24.7 Å². The van der Waals surface area contributed by atoms with Crippen LogP contribution in [0.1, 0.15) is 76.4 Å². The summed E-state index contributed by atoms with van der Waals surface area (Å²) in [6.07, 6.45) is 4.69. The molecule has 1 unspecified atom stereocenters. The minimum Gasteiger partial charge on any atom is -0.606 e. The summed E-state index contributed by atoms with van der Waals surface area (Å²) in [5.41, 5.74) is -0.367. The number of aliphatic carboxylic acids is 1. The number of nitrogens with one attached hydrogen (secondary N) is 1. The molecule has 0 spiro atoms. The lowest BCUT2D eigenvalue weighted by Crippen LogP contribution is -2.30. The predicted molar refractivity (Wildman–Crippen MR) is 195 cm³/mol. The van der Waals surface area contributed by atoms with Gasteiger partial charge in [0, 0.05) is 53.7 Å². The maximum absolute atomic E-state index is 15.9. The van der Waals surface area contributed by atoms with Gasteiger partial charge in [-0.3, -0.25) is 9.78 Å². The van der Waals surface area contributed by atoms with Crippen LogP contribution in [0.3, 0.4) is 0 Å². The van der Waals surface area contributed by atoms with Gasteiger partial charge in [-0.1, -0.05) is 44.5 Å². The highest BCUT2D eigenvalue weighted by Crippen LogP contribution is 2.40. The number of aryl methyl sites for hydroxylation is 2. The Hall–Kier alpha value is -4.14. The zero-order chi connectivity index (χ0) is 37.8. The minimum absolute atomic E-state index is 0.116. The van der Waals surface area contributed by atoms with Crippen LogP contribution in [-0.2, 0) is 51.1 Å². The molecule has 1 aliphatic rings. The molecule has 2 N–H and O–H groups in total. The molecule has 2 atom stereocenters. The van der Waals surface area contributed by atoms with Crippen LogP contribution in [0, 0.1) is 22.5 Å². The SMILES string of the molecule is Cn1nc2nc1-c1cc(ccn1)[S+]([O-])c1c(F)c(F)c3[nH]ccc3c1CCS(=O)(=O)CC(C)(C)CCC[C@]2(C)c1cccc(CC(C)(C)C(=O)O)c1. The topological polar surface area (TPSA) is 154 Å². The number of hydrogen-bond acceptors (Lipinski definition) is 7. The quantitative estimate of drug-likeness (QED) is 0.188. The molecule has 0 amide bonds. The third-order valence-corrected chi connectivity index (χ3v) is 13.7. The molecule has 0 aliphatic carbocycles. The van der Waals surface area contributed by atoms with Crippen molar-refractivity contribution in [2.24, 2.45) is 17.9 Å². The highest BCUT2D eigenvalue weighted by Gasteiger charge is 2.38. The van der Waals surface area contributed by atoms with Crippen molar-refractivity contribution >= 4 is 37.9 Å². The smallest absolute Gasteiger partial charge is 0.309 e. The molecule has 4 heterocycles. The van der Waals surface area contributed by atoms with Crippen LogP contribution < -0.4 is 0 Å². The number of pyridine rings is 1. The number of halogens is 2. The molecule has 0 fully saturated rings. The van der Waals surface area contributed by atoms with E-state index in [0.717, 1.165) is 11.1 Å². The second-order valence-corrected chi connectivity index (χ2v) is 19.1. The van der Waals surface area contributed by atoms with Crippen LogP contribution in [0.2, 0.25) is 0 Å². The molecule has 52 heavy (non-hydrogen) atoms. The number of H-pyrrole nitrogens is 1. The normalized spacial score (nSPS) is 20.9. The maximum atomic E-state index is 15.9. The number of carboxylic acids is 1. The molecular formula is C38H43F2N5O5S2. The van der Waals surface area contributed by atoms with Gasteiger partial charge in [0.05, 0.1) is 27.9 Å². The van der Waals surface area contributed by atoms with Crippen molar-refractivity contribution in [3.63, 3.8) is 0 Å². The molecule has 1 aliphatic heterocycles. The molecule has 0 radical (unpaired) electrons. The summed E-state index contributed by atoms with van der Waals surface area (Å²) in [5.74, 6) is -3.06. The van der Waals surface area contributed by atoms with E-state index in [1.165, 1.54) is 30.6 Å². The van der Waals surface area contributed by atoms with Gasteiger partial charge in [-0.25, -0.2) is 22.5 Å². The molecule has 0 saturated heterocycles. The number of nitrogens with zero attached hydrogens (tertiary/aromatic N) is 4. The highest BCUT2D eigenvalue weighted by atomic mass is 32.2. The van der Waals surface area contributed by atoms with Gasteiger partial charge in [0.2, 0.25) is 10.7 Å². The lowest BCUT2D eigenvalue weighted by molar-refractivity contribution is -0.146. The Kier molecular flexibility index (Phi) is 9.90. The number of aromatic nitrogens is 5. The van der Waals surface area contributed by atoms with Crippen molar-refractivity contribution in [3.05, 3.63) is 89.0 Å². The van der Waals surface area contributed by atoms with Crippen LogP contribution >= 0.6 is 0 Å². The molecule has 10 nitrogen and oxygen atoms in total. The number of fused-ring (bicyclic) bond motifs is 8. The van der Waals surface area contributed by atoms with E-state index in [1.54, 1.807) is 25.6 Å². The zero-order valence-electron chi connectivity index (χ0n) is 30.1. The van der Waals surface area contributed by atoms with Gasteiger partial charge in [0.1, 0.15) is 5.69 Å². The molecule has 2 aromatic carbocycles. The Balaban J connectivity index is 1.52. The third-order valence-electron chi connectivity index (χ3n) is 10.2. The lowest BCUT2D eigenvalue weighted by atomic mass is 9.74. The van der Waals surface area contributed by atoms with Gasteiger partial charge in [-0.2, -0.15) is 9.49 Å². The van der Waals surface area contributed by atoms with Gasteiger partial charge in [-0.15, -0.1) is 0 Å². The Morgan fingerprint density at radius 3 is 2.60 bits per heavy atom. The number of benzene rings is 2. The van der Waals surface area contributed by atoms with E-state index < -0.39 is 59.8 Å². The molecule has 0 saturated carbocycles. The fourth-order valence-corrected chi connectivity index (χ4v) is 10.6. The van der Waals surface area contributed by atoms with Crippen molar-refractivity contribution < 1.29 is 31.7 Å². The molecule has 4 bridgehead atoms. The number of hydrogen-bond donors (Lipinski definition) is 2. The summed E-state index contributed by atoms with van der Waals surface area (Å²) in [7, 11) is -2.00. The number of carbonyl (C=O) groups is 1. The Bertz CT molecular complexity index is 2280. The molecule has 6 rings (SSSR count). The van der Waals surface area contributed by atoms with Crippen LogP contribution in [0.5, 0.6) is 0 Å². The summed E-state index contributed by atoms with van der Waals surface area (Å²) < 4.78 is 74.4. The van der Waals surface area contributed by atoms with E-state index in [9.17, 15) is 22.9 Å². The number of rotatable bonds is 4. The predicted octanol–water partition coefficient (Wildman–Crippen LogP) is 6.93. The molecular weight excluding hydrogens is 709 g/mol. The van der Waals surface area contributed by atoms with Gasteiger partial charge in [0.25, 0.3) is 0 Å². The number of sulfone groups is 1. The average Bonchev–Trinajstić information content (AvgIpc) is 3.72. The lowest BCUT2D eigenvalue weighted by Gasteiger charge is -2.31. The standard InChI is InChI=1S/C38H43F2N5O5S2/c1-36(2)14-8-15-38(5,24-10-7-9-23(19-24)21-37(3,4)35(46)47)34-43-33(45(6)44-34)28-20-25(11-16-41-28)51(48)32-27(13-18-52(49,50)22-36)26-12-17-42-31(26)29(39)30(32)40/h7,9-12,16-17,19-20,42H,8,13-15,18,21-22H2,1-6H3,(H,46,47)/t38-,51?/m1/s1. The number of aromatic amines is 1. The van der Waals surface area contributed by atoms with Crippen molar-refractivity contribution in [3.8, 4) is 11.5 Å². The van der Waals surface area contributed by atoms with Crippen molar-refractivity contribution in [2.75, 3.05) is 11.5 Å². The highest BCUT2D eigenvalue weighted by molar-refractivity contribution is 7.92. The fraction of sp³-hybridized carbons (Fsp3) is 0.421. The molecule has 14 heteroatoms. The van der Waals surface area contributed by atoms with E-state index in [2.05, 4.69) is 9.97 Å². The first kappa shape index (κ1) is 37.6. The second-order valence-electron chi connectivity index (χ2n) is 15.5. The van der Waals surface area contributed by atoms with Gasteiger partial charge < -0.3 is 14.6 Å². The van der Waals surface area contributed by atoms with E-state index in [-0.39, 0.29) is 39.3 Å². The van der Waals surface area contributed by atoms with Crippen LogP contribution in [0.25, 0.3) is 22.4 Å². The van der Waals surface area contributed by atoms with Gasteiger partial charge in [-0.05, 0) is 69.1 Å². The Labute approximate surface area is 305 Å². The number of carboxylic acid groups (broad SMARTS) is 1. The Morgan fingerprint density at radius 2 is 1.87 bits per heavy atom. The first-order valence-electron chi connectivity index (χ1n) is 17.1. The summed E-state index contributed by atoms with van der Waals surface area (Å²) in [4.78, 5) is 23.8. The van der Waals surface area contributed by atoms with Crippen LogP contribution in [0.15, 0.2) is 64.6 Å². The van der Waals surface area contributed by atoms with Crippen LogP contribution in [-0.4, -0.2) is 60.3 Å². The van der Waals surface area contributed by atoms with Crippen molar-refractivity contribution in [1.29, 1.82) is 0 Å². The summed E-state index contributed by atoms with van der Waals surface area (Å²) in [6.45, 7) is 9.17.